The van der Waals surface area contributed by atoms with Gasteiger partial charge in [-0.05, 0) is 29.5 Å². The van der Waals surface area contributed by atoms with Crippen molar-refractivity contribution in [2.45, 2.75) is 26.8 Å². The van der Waals surface area contributed by atoms with Gasteiger partial charge in [-0.2, -0.15) is 0 Å². The molecule has 0 bridgehead atoms. The third kappa shape index (κ3) is 2.56. The predicted molar refractivity (Wildman–Crippen MR) is 91.5 cm³/mol. The molecule has 0 aromatic carbocycles. The molecule has 0 aliphatic carbocycles. The van der Waals surface area contributed by atoms with Gasteiger partial charge in [0.2, 0.25) is 0 Å². The third-order valence-electron chi connectivity index (χ3n) is 4.10. The molecular weight excluding hydrogens is 300 g/mol. The fourth-order valence-electron chi connectivity index (χ4n) is 3.00. The summed E-state index contributed by atoms with van der Waals surface area (Å²) < 4.78 is 1.74. The normalized spacial score (nSPS) is 14.9. The molecule has 118 valence electrons. The highest BCUT2D eigenvalue weighted by Crippen LogP contribution is 2.29. The van der Waals surface area contributed by atoms with E-state index in [1.165, 1.54) is 0 Å². The van der Waals surface area contributed by atoms with Crippen LogP contribution in [0.2, 0.25) is 0 Å². The van der Waals surface area contributed by atoms with E-state index >= 15 is 0 Å². The number of fused-ring (bicyclic) bond motifs is 2. The molecule has 0 fully saturated rings. The Morgan fingerprint density at radius 1 is 1.21 bits per heavy atom. The molecule has 1 aliphatic heterocycles. The summed E-state index contributed by atoms with van der Waals surface area (Å²) in [6, 6.07) is 7.41. The summed E-state index contributed by atoms with van der Waals surface area (Å²) in [5, 5.41) is 0. The Morgan fingerprint density at radius 2 is 2.08 bits per heavy atom. The van der Waals surface area contributed by atoms with Gasteiger partial charge in [0, 0.05) is 30.9 Å². The van der Waals surface area contributed by atoms with Crippen molar-refractivity contribution in [2.75, 3.05) is 0 Å². The van der Waals surface area contributed by atoms with E-state index in [0.29, 0.717) is 23.3 Å². The van der Waals surface area contributed by atoms with Crippen LogP contribution in [0.4, 0.5) is 0 Å². The van der Waals surface area contributed by atoms with E-state index in [9.17, 15) is 4.79 Å². The van der Waals surface area contributed by atoms with Gasteiger partial charge in [0.25, 0.3) is 5.56 Å². The molecule has 1 aliphatic rings. The molecule has 4 heterocycles. The zero-order valence-electron chi connectivity index (χ0n) is 13.6. The highest BCUT2D eigenvalue weighted by Gasteiger charge is 2.31. The van der Waals surface area contributed by atoms with Crippen LogP contribution in [-0.4, -0.2) is 19.5 Å². The second kappa shape index (κ2) is 5.27. The van der Waals surface area contributed by atoms with Crippen LogP contribution in [0, 0.1) is 17.3 Å². The summed E-state index contributed by atoms with van der Waals surface area (Å²) in [4.78, 5) is 25.7. The molecule has 0 saturated heterocycles. The average Bonchev–Trinajstić information content (AvgIpc) is 2.88. The molecule has 0 saturated carbocycles. The minimum absolute atomic E-state index is 0.0537. The first-order valence-electron chi connectivity index (χ1n) is 7.84. The van der Waals surface area contributed by atoms with Gasteiger partial charge in [0.15, 0.2) is 5.52 Å². The Hall–Kier alpha value is -3.00. The van der Waals surface area contributed by atoms with Gasteiger partial charge in [-0.25, -0.2) is 15.0 Å². The van der Waals surface area contributed by atoms with Gasteiger partial charge in [-0.15, -0.1) is 0 Å². The Morgan fingerprint density at radius 3 is 2.88 bits per heavy atom. The van der Waals surface area contributed by atoms with Crippen molar-refractivity contribution in [1.29, 1.82) is 0 Å². The van der Waals surface area contributed by atoms with Crippen LogP contribution in [0.25, 0.3) is 11.0 Å². The molecule has 0 radical (unpaired) electrons. The zero-order chi connectivity index (χ0) is 16.7. The van der Waals surface area contributed by atoms with E-state index in [1.54, 1.807) is 17.0 Å². The summed E-state index contributed by atoms with van der Waals surface area (Å²) >= 11 is 0. The van der Waals surface area contributed by atoms with Crippen molar-refractivity contribution in [2.24, 2.45) is 5.41 Å². The first-order valence-corrected chi connectivity index (χ1v) is 7.84. The van der Waals surface area contributed by atoms with Gasteiger partial charge in [-0.1, -0.05) is 25.8 Å². The molecule has 5 heteroatoms. The largest absolute Gasteiger partial charge is 0.294 e. The molecule has 4 rings (SSSR count). The lowest BCUT2D eigenvalue weighted by atomic mass is 9.92. The Balaban J connectivity index is 1.79. The molecule has 24 heavy (non-hydrogen) atoms. The zero-order valence-corrected chi connectivity index (χ0v) is 13.6. The smallest absolute Gasteiger partial charge is 0.280 e. The van der Waals surface area contributed by atoms with Crippen molar-refractivity contribution in [1.82, 2.24) is 19.5 Å². The maximum Gasteiger partial charge on any atom is 0.280 e. The maximum atomic E-state index is 12.6. The first kappa shape index (κ1) is 14.6. The number of hydrogen-bond acceptors (Lipinski definition) is 4. The van der Waals surface area contributed by atoms with Gasteiger partial charge in [0.05, 0.1) is 5.52 Å². The lowest BCUT2D eigenvalue weighted by molar-refractivity contribution is 0.357. The van der Waals surface area contributed by atoms with Gasteiger partial charge >= 0.3 is 0 Å². The van der Waals surface area contributed by atoms with Gasteiger partial charge in [-0.3, -0.25) is 9.36 Å². The van der Waals surface area contributed by atoms with Crippen LogP contribution in [0.15, 0.2) is 41.5 Å². The minimum Gasteiger partial charge on any atom is -0.294 e. The Labute approximate surface area is 139 Å². The summed E-state index contributed by atoms with van der Waals surface area (Å²) in [6.07, 6.45) is 4.12. The highest BCUT2D eigenvalue weighted by molar-refractivity contribution is 5.74. The summed E-state index contributed by atoms with van der Waals surface area (Å²) in [5.41, 5.74) is 2.42. The summed E-state index contributed by atoms with van der Waals surface area (Å²) in [7, 11) is 0. The van der Waals surface area contributed by atoms with Crippen LogP contribution in [-0.2, 0) is 13.0 Å². The number of rotatable bonds is 0. The molecular formula is C19H16N4O. The molecule has 0 spiro atoms. The van der Waals surface area contributed by atoms with Crippen LogP contribution < -0.4 is 5.56 Å². The van der Waals surface area contributed by atoms with Crippen molar-refractivity contribution < 1.29 is 0 Å². The molecule has 3 aromatic rings. The molecule has 3 aromatic heterocycles. The number of nitrogens with zero attached hydrogens (tertiary/aromatic N) is 4. The van der Waals surface area contributed by atoms with Crippen LogP contribution in [0.3, 0.4) is 0 Å². The fourth-order valence-corrected chi connectivity index (χ4v) is 3.00. The third-order valence-corrected chi connectivity index (χ3v) is 4.10. The molecule has 0 amide bonds. The van der Waals surface area contributed by atoms with E-state index in [2.05, 4.69) is 40.6 Å². The summed E-state index contributed by atoms with van der Waals surface area (Å²) in [5.74, 6) is 6.85. The minimum atomic E-state index is -0.0650. The standard InChI is InChI=1S/C19H16N4O/c1-19(2)10-16-22-15-9-13(6-7-14-5-3-4-8-20-14)11-21-17(15)18(24)23(16)12-19/h3-5,8-9,11H,10,12H2,1-2H3. The van der Waals surface area contributed by atoms with Crippen molar-refractivity contribution in [3.63, 3.8) is 0 Å². The van der Waals surface area contributed by atoms with E-state index in [0.717, 1.165) is 17.8 Å². The van der Waals surface area contributed by atoms with Crippen LogP contribution in [0.1, 0.15) is 30.9 Å². The maximum absolute atomic E-state index is 12.6. The van der Waals surface area contributed by atoms with Gasteiger partial charge in [0.1, 0.15) is 11.5 Å². The average molecular weight is 316 g/mol. The molecule has 0 atom stereocenters. The lowest BCUT2D eigenvalue weighted by Gasteiger charge is -2.13. The first-order chi connectivity index (χ1) is 11.5. The van der Waals surface area contributed by atoms with Crippen LogP contribution >= 0.6 is 0 Å². The van der Waals surface area contributed by atoms with E-state index in [1.807, 2.05) is 24.3 Å². The van der Waals surface area contributed by atoms with E-state index < -0.39 is 0 Å². The number of aromatic nitrogens is 4. The highest BCUT2D eigenvalue weighted by atomic mass is 16.1. The second-order valence-corrected chi connectivity index (χ2v) is 6.82. The predicted octanol–water partition coefficient (Wildman–Crippen LogP) is 2.17. The lowest BCUT2D eigenvalue weighted by Crippen LogP contribution is -2.23. The van der Waals surface area contributed by atoms with Crippen molar-refractivity contribution >= 4 is 11.0 Å². The monoisotopic (exact) mass is 316 g/mol. The Kier molecular flexibility index (Phi) is 3.20. The van der Waals surface area contributed by atoms with E-state index in [-0.39, 0.29) is 11.0 Å². The number of pyridine rings is 2. The molecule has 0 unspecified atom stereocenters. The molecule has 0 N–H and O–H groups in total. The van der Waals surface area contributed by atoms with Crippen LogP contribution in [0.5, 0.6) is 0 Å². The van der Waals surface area contributed by atoms with Crippen molar-refractivity contribution in [3.8, 4) is 11.8 Å². The SMILES string of the molecule is CC1(C)Cc2nc3cc(C#Cc4ccccn4)cnc3c(=O)n2C1. The molecule has 5 nitrogen and oxygen atoms in total. The van der Waals surface area contributed by atoms with E-state index in [4.69, 9.17) is 0 Å². The number of hydrogen-bond donors (Lipinski definition) is 0. The summed E-state index contributed by atoms with van der Waals surface area (Å²) in [6.45, 7) is 4.97. The Bertz CT molecular complexity index is 1060. The quantitative estimate of drug-likeness (QED) is 0.596. The second-order valence-electron chi connectivity index (χ2n) is 6.82. The van der Waals surface area contributed by atoms with Gasteiger partial charge < -0.3 is 0 Å². The fraction of sp³-hybridized carbons (Fsp3) is 0.263. The van der Waals surface area contributed by atoms with Crippen molar-refractivity contribution in [3.05, 3.63) is 64.1 Å². The topological polar surface area (TPSA) is 60.7 Å².